The fourth-order valence-electron chi connectivity index (χ4n) is 3.47. The maximum absolute atomic E-state index is 10.4. The fraction of sp³-hybridized carbons (Fsp3) is 0.650. The summed E-state index contributed by atoms with van der Waals surface area (Å²) in [5.41, 5.74) is 0.850. The molecule has 2 aliphatic rings. The molecule has 1 aliphatic carbocycles. The van der Waals surface area contributed by atoms with E-state index in [1.165, 1.54) is 25.9 Å². The van der Waals surface area contributed by atoms with Crippen molar-refractivity contribution in [2.24, 2.45) is 4.99 Å². The summed E-state index contributed by atoms with van der Waals surface area (Å²) >= 11 is 0. The standard InChI is InChI=1S/C20H32N4O2.HI/c1-3-21-20(23-16-10-12-24(13-11-16)17-6-7-17)22-14-19(25)15-4-8-18(26-2)9-5-15;/h4-5,8-9,16-17,19,25H,3,6-7,10-14H2,1-2H3,(H2,21,22,23);1H. The number of methoxy groups -OCH3 is 1. The molecular weight excluding hydrogens is 455 g/mol. The number of hydrogen-bond donors (Lipinski definition) is 3. The summed E-state index contributed by atoms with van der Waals surface area (Å²) < 4.78 is 5.16. The molecule has 0 bridgehead atoms. The average molecular weight is 488 g/mol. The highest BCUT2D eigenvalue weighted by Gasteiger charge is 2.31. The highest BCUT2D eigenvalue weighted by atomic mass is 127. The number of ether oxygens (including phenoxy) is 1. The Balaban J connectivity index is 0.00000261. The first-order valence-corrected chi connectivity index (χ1v) is 9.80. The predicted molar refractivity (Wildman–Crippen MR) is 120 cm³/mol. The van der Waals surface area contributed by atoms with Crippen molar-refractivity contribution in [2.45, 2.75) is 50.8 Å². The van der Waals surface area contributed by atoms with E-state index in [1.807, 2.05) is 24.3 Å². The number of benzene rings is 1. The molecule has 1 aromatic carbocycles. The molecule has 3 rings (SSSR count). The van der Waals surface area contributed by atoms with Crippen LogP contribution in [0.15, 0.2) is 29.3 Å². The first-order valence-electron chi connectivity index (χ1n) is 9.80. The molecule has 0 radical (unpaired) electrons. The van der Waals surface area contributed by atoms with Crippen LogP contribution in [0.3, 0.4) is 0 Å². The summed E-state index contributed by atoms with van der Waals surface area (Å²) in [5, 5.41) is 17.2. The van der Waals surface area contributed by atoms with E-state index in [-0.39, 0.29) is 24.0 Å². The van der Waals surface area contributed by atoms with Gasteiger partial charge in [0.25, 0.3) is 0 Å². The van der Waals surface area contributed by atoms with Gasteiger partial charge in [-0.2, -0.15) is 0 Å². The lowest BCUT2D eigenvalue weighted by Gasteiger charge is -2.33. The average Bonchev–Trinajstić information content (AvgIpc) is 3.52. The van der Waals surface area contributed by atoms with Gasteiger partial charge < -0.3 is 25.4 Å². The number of piperidine rings is 1. The summed E-state index contributed by atoms with van der Waals surface area (Å²) in [5.74, 6) is 1.59. The first kappa shape index (κ1) is 22.2. The topological polar surface area (TPSA) is 69.1 Å². The van der Waals surface area contributed by atoms with Gasteiger partial charge in [-0.3, -0.25) is 4.99 Å². The number of guanidine groups is 1. The minimum Gasteiger partial charge on any atom is -0.497 e. The minimum atomic E-state index is -0.618. The van der Waals surface area contributed by atoms with Crippen molar-refractivity contribution in [1.82, 2.24) is 15.5 Å². The number of aliphatic hydroxyl groups excluding tert-OH is 1. The van der Waals surface area contributed by atoms with Crippen LogP contribution in [0.4, 0.5) is 0 Å². The van der Waals surface area contributed by atoms with E-state index in [9.17, 15) is 5.11 Å². The van der Waals surface area contributed by atoms with Crippen molar-refractivity contribution >= 4 is 29.9 Å². The Morgan fingerprint density at radius 2 is 1.89 bits per heavy atom. The second-order valence-electron chi connectivity index (χ2n) is 7.19. The van der Waals surface area contributed by atoms with Crippen LogP contribution in [-0.4, -0.2) is 61.3 Å². The molecule has 2 fully saturated rings. The SMILES string of the molecule is CCNC(=NCC(O)c1ccc(OC)cc1)NC1CCN(C2CC2)CC1.I. The molecule has 6 nitrogen and oxygen atoms in total. The van der Waals surface area contributed by atoms with Crippen molar-refractivity contribution in [3.05, 3.63) is 29.8 Å². The molecule has 1 saturated heterocycles. The third kappa shape index (κ3) is 6.80. The molecule has 1 unspecified atom stereocenters. The van der Waals surface area contributed by atoms with E-state index >= 15 is 0 Å². The molecule has 0 spiro atoms. The van der Waals surface area contributed by atoms with E-state index in [2.05, 4.69) is 27.4 Å². The van der Waals surface area contributed by atoms with E-state index in [0.717, 1.165) is 42.7 Å². The lowest BCUT2D eigenvalue weighted by atomic mass is 10.1. The Morgan fingerprint density at radius 1 is 1.22 bits per heavy atom. The van der Waals surface area contributed by atoms with Gasteiger partial charge in [0.15, 0.2) is 5.96 Å². The van der Waals surface area contributed by atoms with Crippen LogP contribution in [0.2, 0.25) is 0 Å². The number of aliphatic imine (C=N–C) groups is 1. The van der Waals surface area contributed by atoms with Crippen LogP contribution in [-0.2, 0) is 0 Å². The largest absolute Gasteiger partial charge is 0.497 e. The van der Waals surface area contributed by atoms with Crippen molar-refractivity contribution in [2.75, 3.05) is 33.3 Å². The maximum Gasteiger partial charge on any atom is 0.191 e. The Hall–Kier alpha value is -1.06. The Kier molecular flexibility index (Phi) is 9.11. The smallest absolute Gasteiger partial charge is 0.191 e. The molecule has 27 heavy (non-hydrogen) atoms. The third-order valence-electron chi connectivity index (χ3n) is 5.20. The summed E-state index contributed by atoms with van der Waals surface area (Å²) in [6.45, 7) is 5.56. The summed E-state index contributed by atoms with van der Waals surface area (Å²) in [7, 11) is 1.64. The van der Waals surface area contributed by atoms with E-state index < -0.39 is 6.10 Å². The van der Waals surface area contributed by atoms with Crippen molar-refractivity contribution < 1.29 is 9.84 Å². The third-order valence-corrected chi connectivity index (χ3v) is 5.20. The Labute approximate surface area is 179 Å². The van der Waals surface area contributed by atoms with E-state index in [4.69, 9.17) is 4.74 Å². The van der Waals surface area contributed by atoms with E-state index in [0.29, 0.717) is 12.6 Å². The van der Waals surface area contributed by atoms with Gasteiger partial charge in [-0.15, -0.1) is 24.0 Å². The molecule has 0 aromatic heterocycles. The van der Waals surface area contributed by atoms with Crippen LogP contribution >= 0.6 is 24.0 Å². The number of likely N-dealkylation sites (tertiary alicyclic amines) is 1. The molecule has 7 heteroatoms. The molecule has 3 N–H and O–H groups in total. The number of nitrogens with one attached hydrogen (secondary N) is 2. The zero-order valence-corrected chi connectivity index (χ0v) is 18.7. The van der Waals surface area contributed by atoms with Crippen LogP contribution in [0.5, 0.6) is 5.75 Å². The molecule has 1 aromatic rings. The molecule has 1 aliphatic heterocycles. The fourth-order valence-corrected chi connectivity index (χ4v) is 3.47. The Bertz CT molecular complexity index is 584. The van der Waals surface area contributed by atoms with Gasteiger partial charge in [-0.25, -0.2) is 0 Å². The molecule has 0 amide bonds. The minimum absolute atomic E-state index is 0. The number of nitrogens with zero attached hydrogens (tertiary/aromatic N) is 2. The van der Waals surface area contributed by atoms with Gasteiger partial charge in [0.1, 0.15) is 5.75 Å². The predicted octanol–water partition coefficient (Wildman–Crippen LogP) is 2.53. The van der Waals surface area contributed by atoms with Crippen molar-refractivity contribution in [3.63, 3.8) is 0 Å². The number of aliphatic hydroxyl groups is 1. The molecule has 1 heterocycles. The lowest BCUT2D eigenvalue weighted by molar-refractivity contribution is 0.186. The first-order chi connectivity index (χ1) is 12.7. The second-order valence-corrected chi connectivity index (χ2v) is 7.19. The number of rotatable bonds is 7. The van der Waals surface area contributed by atoms with Crippen molar-refractivity contribution in [1.29, 1.82) is 0 Å². The van der Waals surface area contributed by atoms with Crippen LogP contribution < -0.4 is 15.4 Å². The zero-order valence-electron chi connectivity index (χ0n) is 16.4. The van der Waals surface area contributed by atoms with Crippen LogP contribution in [0.25, 0.3) is 0 Å². The van der Waals surface area contributed by atoms with Gasteiger partial charge in [0.05, 0.1) is 19.8 Å². The van der Waals surface area contributed by atoms with Crippen LogP contribution in [0, 0.1) is 0 Å². The molecule has 1 atom stereocenters. The summed E-state index contributed by atoms with van der Waals surface area (Å²) in [6, 6.07) is 8.80. The monoisotopic (exact) mass is 488 g/mol. The van der Waals surface area contributed by atoms with E-state index in [1.54, 1.807) is 7.11 Å². The highest BCUT2D eigenvalue weighted by Crippen LogP contribution is 2.29. The maximum atomic E-state index is 10.4. The van der Waals surface area contributed by atoms with Crippen molar-refractivity contribution in [3.8, 4) is 5.75 Å². The number of halogens is 1. The normalized spacial score (nSPS) is 19.9. The highest BCUT2D eigenvalue weighted by molar-refractivity contribution is 14.0. The summed E-state index contributed by atoms with van der Waals surface area (Å²) in [6.07, 6.45) is 4.45. The summed E-state index contributed by atoms with van der Waals surface area (Å²) in [4.78, 5) is 7.21. The molecular formula is C20H33IN4O2. The van der Waals surface area contributed by atoms with Gasteiger partial charge in [0, 0.05) is 31.7 Å². The molecule has 152 valence electrons. The van der Waals surface area contributed by atoms with Gasteiger partial charge >= 0.3 is 0 Å². The quantitative estimate of drug-likeness (QED) is 0.313. The van der Waals surface area contributed by atoms with Gasteiger partial charge in [0.2, 0.25) is 0 Å². The van der Waals surface area contributed by atoms with Gasteiger partial charge in [-0.1, -0.05) is 12.1 Å². The van der Waals surface area contributed by atoms with Crippen LogP contribution in [0.1, 0.15) is 44.3 Å². The Morgan fingerprint density at radius 3 is 2.44 bits per heavy atom. The lowest BCUT2D eigenvalue weighted by Crippen LogP contribution is -2.49. The molecule has 1 saturated carbocycles. The number of hydrogen-bond acceptors (Lipinski definition) is 4. The zero-order chi connectivity index (χ0) is 18.4. The van der Waals surface area contributed by atoms with Gasteiger partial charge in [-0.05, 0) is 50.3 Å². The second kappa shape index (κ2) is 11.1.